The molecule has 0 aliphatic heterocycles. The summed E-state index contributed by atoms with van der Waals surface area (Å²) in [6.07, 6.45) is -2.63. The van der Waals surface area contributed by atoms with Gasteiger partial charge in [-0.05, 0) is 26.3 Å². The van der Waals surface area contributed by atoms with Crippen LogP contribution < -0.4 is 0 Å². The number of aliphatic carboxylic acids is 2. The fraction of sp³-hybridized carbons (Fsp3) is 0.292. The topological polar surface area (TPSA) is 141 Å². The van der Waals surface area contributed by atoms with Crippen LogP contribution in [0.1, 0.15) is 26.3 Å². The molecule has 0 radical (unpaired) electrons. The molecule has 0 unspecified atom stereocenters. The molecule has 4 N–H and O–H groups in total. The number of alkyl halides is 3. The van der Waals surface area contributed by atoms with E-state index in [4.69, 9.17) is 20.4 Å². The minimum atomic E-state index is -4.47. The van der Waals surface area contributed by atoms with Gasteiger partial charge in [0.2, 0.25) is 0 Å². The quantitative estimate of drug-likeness (QED) is 0.331. The first-order valence-corrected chi connectivity index (χ1v) is 9.52. The second kappa shape index (κ2) is 23.5. The molecule has 0 heterocycles. The van der Waals surface area contributed by atoms with Crippen molar-refractivity contribution in [1.82, 2.24) is 0 Å². The van der Waals surface area contributed by atoms with Gasteiger partial charge in [-0.2, -0.15) is 13.2 Å². The number of carbonyl (C=O) groups excluding carboxylic acids is 1. The van der Waals surface area contributed by atoms with Crippen molar-refractivity contribution in [2.24, 2.45) is 0 Å². The van der Waals surface area contributed by atoms with Crippen molar-refractivity contribution in [1.29, 1.82) is 0 Å². The number of hydrogen-bond acceptors (Lipinski definition) is 6. The van der Waals surface area contributed by atoms with E-state index in [9.17, 15) is 27.6 Å². The first-order valence-electron chi connectivity index (χ1n) is 9.52. The third kappa shape index (κ3) is 37.9. The Morgan fingerprint density at radius 3 is 1.37 bits per heavy atom. The Balaban J connectivity index is -0.000000179. The smallest absolute Gasteiger partial charge is 0.422 e. The zero-order valence-corrected chi connectivity index (χ0v) is 20.0. The zero-order chi connectivity index (χ0) is 28.6. The van der Waals surface area contributed by atoms with Crippen molar-refractivity contribution in [2.75, 3.05) is 19.8 Å². The van der Waals surface area contributed by atoms with Gasteiger partial charge in [0.15, 0.2) is 6.61 Å². The maximum Gasteiger partial charge on any atom is 0.422 e. The molecule has 0 saturated carbocycles. The number of ether oxygens (including phenoxy) is 1. The van der Waals surface area contributed by atoms with E-state index in [2.05, 4.69) is 31.1 Å². The molecule has 0 aromatic heterocycles. The van der Waals surface area contributed by atoms with E-state index in [0.29, 0.717) is 0 Å². The Labute approximate surface area is 203 Å². The SMILES string of the molecule is C=C(C)C(=O)O.C=C(C)C(=O)O.C=C(C)C(=O)OCC(F)(F)F.C=Cc1ccccc1.OCCO. The van der Waals surface area contributed by atoms with Crippen molar-refractivity contribution >= 4 is 24.0 Å². The predicted molar refractivity (Wildman–Crippen MR) is 127 cm³/mol. The first-order chi connectivity index (χ1) is 16.0. The molecule has 0 spiro atoms. The number of hydrogen-bond donors (Lipinski definition) is 4. The van der Waals surface area contributed by atoms with Gasteiger partial charge in [-0.3, -0.25) is 0 Å². The fourth-order valence-electron chi connectivity index (χ4n) is 0.860. The van der Waals surface area contributed by atoms with Gasteiger partial charge in [0.05, 0.1) is 13.2 Å². The average Bonchev–Trinajstić information content (AvgIpc) is 2.78. The van der Waals surface area contributed by atoms with Gasteiger partial charge < -0.3 is 25.2 Å². The molecule has 0 amide bonds. The molecule has 35 heavy (non-hydrogen) atoms. The van der Waals surface area contributed by atoms with Gasteiger partial charge in [0.25, 0.3) is 0 Å². The third-order valence-corrected chi connectivity index (χ3v) is 2.58. The summed E-state index contributed by atoms with van der Waals surface area (Å²) in [6, 6.07) is 10.0. The van der Waals surface area contributed by atoms with E-state index in [-0.39, 0.29) is 29.9 Å². The van der Waals surface area contributed by atoms with Gasteiger partial charge in [-0.15, -0.1) is 0 Å². The lowest BCUT2D eigenvalue weighted by Gasteiger charge is -2.06. The molecule has 0 fully saturated rings. The van der Waals surface area contributed by atoms with Crippen LogP contribution in [-0.4, -0.2) is 64.3 Å². The van der Waals surface area contributed by atoms with Crippen LogP contribution >= 0.6 is 0 Å². The molecule has 0 aliphatic rings. The molecular formula is C24H33F3O8. The third-order valence-electron chi connectivity index (χ3n) is 2.58. The van der Waals surface area contributed by atoms with E-state index in [1.165, 1.54) is 26.3 Å². The molecule has 1 aromatic rings. The van der Waals surface area contributed by atoms with Crippen LogP contribution in [0.2, 0.25) is 0 Å². The molecule has 0 aliphatic carbocycles. The molecule has 0 bridgehead atoms. The molecular weight excluding hydrogens is 473 g/mol. The van der Waals surface area contributed by atoms with Gasteiger partial charge in [-0.1, -0.05) is 62.7 Å². The number of benzene rings is 1. The number of carboxylic acids is 2. The summed E-state index contributed by atoms with van der Waals surface area (Å²) in [5, 5.41) is 31.0. The highest BCUT2D eigenvalue weighted by molar-refractivity contribution is 5.87. The number of rotatable bonds is 6. The largest absolute Gasteiger partial charge is 0.478 e. The van der Waals surface area contributed by atoms with Gasteiger partial charge in [0, 0.05) is 16.7 Å². The summed E-state index contributed by atoms with van der Waals surface area (Å²) >= 11 is 0. The van der Waals surface area contributed by atoms with Crippen LogP contribution in [0.3, 0.4) is 0 Å². The average molecular weight is 507 g/mol. The Kier molecular flexibility index (Phi) is 25.8. The van der Waals surface area contributed by atoms with E-state index < -0.39 is 30.7 Å². The number of carbonyl (C=O) groups is 3. The lowest BCUT2D eigenvalue weighted by Crippen LogP contribution is -2.20. The lowest BCUT2D eigenvalue weighted by molar-refractivity contribution is -0.183. The van der Waals surface area contributed by atoms with Crippen molar-refractivity contribution in [2.45, 2.75) is 26.9 Å². The van der Waals surface area contributed by atoms with Crippen molar-refractivity contribution in [3.8, 4) is 0 Å². The summed E-state index contributed by atoms with van der Waals surface area (Å²) < 4.78 is 37.9. The second-order valence-electron chi connectivity index (χ2n) is 6.20. The Bertz CT molecular complexity index is 751. The summed E-state index contributed by atoms with van der Waals surface area (Å²) in [5.41, 5.74) is 1.48. The van der Waals surface area contributed by atoms with E-state index in [0.717, 1.165) is 0 Å². The van der Waals surface area contributed by atoms with E-state index in [1.807, 2.05) is 36.4 Å². The Morgan fingerprint density at radius 2 is 1.20 bits per heavy atom. The number of halogens is 3. The van der Waals surface area contributed by atoms with Crippen molar-refractivity contribution in [3.63, 3.8) is 0 Å². The summed E-state index contributed by atoms with van der Waals surface area (Å²) in [4.78, 5) is 29.6. The monoisotopic (exact) mass is 506 g/mol. The lowest BCUT2D eigenvalue weighted by atomic mass is 10.2. The Morgan fingerprint density at radius 1 is 0.857 bits per heavy atom. The van der Waals surface area contributed by atoms with Crippen LogP contribution in [0.15, 0.2) is 73.4 Å². The number of aliphatic hydroxyl groups is 2. The minimum Gasteiger partial charge on any atom is -0.478 e. The van der Waals surface area contributed by atoms with Gasteiger partial charge >= 0.3 is 24.1 Å². The number of aliphatic hydroxyl groups excluding tert-OH is 2. The standard InChI is InChI=1S/C8H8.C6H7F3O2.2C4H6O2.C2H6O2/c1-2-8-6-4-3-5-7-8;1-4(2)5(10)11-3-6(7,8)9;2*1-3(2)4(5)6;3-1-2-4/h2-7H,1H2;1,3H2,2H3;2*1H2,2H3,(H,5,6);3-4H,1-2H2. The molecule has 1 aromatic carbocycles. The second-order valence-corrected chi connectivity index (χ2v) is 6.20. The van der Waals surface area contributed by atoms with E-state index in [1.54, 1.807) is 0 Å². The highest BCUT2D eigenvalue weighted by atomic mass is 19.4. The van der Waals surface area contributed by atoms with Crippen LogP contribution in [0.25, 0.3) is 6.08 Å². The van der Waals surface area contributed by atoms with Crippen LogP contribution in [0.4, 0.5) is 13.2 Å². The summed E-state index contributed by atoms with van der Waals surface area (Å²) in [6.45, 7) is 15.4. The van der Waals surface area contributed by atoms with Gasteiger partial charge in [-0.25, -0.2) is 14.4 Å². The molecule has 0 atom stereocenters. The zero-order valence-electron chi connectivity index (χ0n) is 20.0. The van der Waals surface area contributed by atoms with E-state index >= 15 is 0 Å². The highest BCUT2D eigenvalue weighted by Crippen LogP contribution is 2.14. The Hall–Kier alpha value is -3.70. The van der Waals surface area contributed by atoms with Crippen LogP contribution in [0, 0.1) is 0 Å². The molecule has 198 valence electrons. The summed E-state index contributed by atoms with van der Waals surface area (Å²) in [7, 11) is 0. The fourth-order valence-corrected chi connectivity index (χ4v) is 0.860. The predicted octanol–water partition coefficient (Wildman–Crippen LogP) is 4.26. The summed E-state index contributed by atoms with van der Waals surface area (Å²) in [5.74, 6) is -2.90. The minimum absolute atomic E-state index is 0.0470. The maximum atomic E-state index is 11.4. The van der Waals surface area contributed by atoms with Gasteiger partial charge in [0.1, 0.15) is 0 Å². The van der Waals surface area contributed by atoms with Crippen LogP contribution in [-0.2, 0) is 19.1 Å². The normalized spacial score (nSPS) is 8.80. The highest BCUT2D eigenvalue weighted by Gasteiger charge is 2.29. The number of carboxylic acid groups (broad SMARTS) is 2. The van der Waals surface area contributed by atoms with Crippen molar-refractivity contribution in [3.05, 3.63) is 78.9 Å². The van der Waals surface area contributed by atoms with Crippen molar-refractivity contribution < 1.29 is 52.7 Å². The number of esters is 1. The molecule has 0 saturated heterocycles. The molecule has 1 rings (SSSR count). The molecule has 11 heteroatoms. The molecule has 8 nitrogen and oxygen atoms in total. The van der Waals surface area contributed by atoms with Crippen LogP contribution in [0.5, 0.6) is 0 Å². The first kappa shape index (κ1) is 38.6. The maximum absolute atomic E-state index is 11.4.